The first kappa shape index (κ1) is 15.3. The van der Waals surface area contributed by atoms with Crippen molar-refractivity contribution in [3.63, 3.8) is 0 Å². The Morgan fingerprint density at radius 3 is 2.42 bits per heavy atom. The van der Waals surface area contributed by atoms with Crippen LogP contribution in [-0.4, -0.2) is 61.7 Å². The normalized spacial score (nSPS) is 13.6. The predicted molar refractivity (Wildman–Crippen MR) is 47.4 cm³/mol. The quantitative estimate of drug-likeness (QED) is 0.321. The van der Waals surface area contributed by atoms with Crippen molar-refractivity contribution in [1.29, 1.82) is 0 Å². The number of hydrogen-bond donors (Lipinski definition) is 2. The van der Waals surface area contributed by atoms with Gasteiger partial charge in [-0.2, -0.15) is 8.42 Å². The van der Waals surface area contributed by atoms with E-state index in [4.69, 9.17) is 10.8 Å². The molecule has 1 atom stereocenters. The van der Waals surface area contributed by atoms with Gasteiger partial charge in [-0.05, 0) is 13.3 Å². The average molecular weight is 207 g/mol. The van der Waals surface area contributed by atoms with Crippen LogP contribution in [-0.2, 0) is 14.3 Å². The molecule has 0 aliphatic carbocycles. The van der Waals surface area contributed by atoms with Crippen LogP contribution >= 0.6 is 0 Å². The third-order valence-corrected chi connectivity index (χ3v) is 2.26. The van der Waals surface area contributed by atoms with Crippen LogP contribution in [0.2, 0.25) is 0 Å². The molecule has 70 valence electrons. The number of hydrogen-bond acceptors (Lipinski definition) is 5. The van der Waals surface area contributed by atoms with E-state index in [1.807, 2.05) is 0 Å². The van der Waals surface area contributed by atoms with Crippen molar-refractivity contribution in [3.8, 4) is 0 Å². The molecule has 0 saturated carbocycles. The Morgan fingerprint density at radius 2 is 2.08 bits per heavy atom. The van der Waals surface area contributed by atoms with E-state index in [1.165, 1.54) is 0 Å². The zero-order chi connectivity index (χ0) is 8.91. The Kier molecular flexibility index (Phi) is 9.25. The minimum absolute atomic E-state index is 0. The number of rotatable bonds is 5. The molecule has 3 N–H and O–H groups in total. The van der Waals surface area contributed by atoms with E-state index in [1.54, 1.807) is 6.92 Å². The van der Waals surface area contributed by atoms with E-state index in [9.17, 15) is 8.42 Å². The molecule has 0 spiro atoms. The van der Waals surface area contributed by atoms with Gasteiger partial charge in [-0.1, -0.05) is 0 Å². The molecule has 0 amide bonds. The summed E-state index contributed by atoms with van der Waals surface area (Å²) in [5.41, 5.74) is 5.31. The molecule has 1 unspecified atom stereocenters. The SMILES string of the molecule is CC(N)CCS(=O)(=O)OCO.[NaH]. The second kappa shape index (κ2) is 7.25. The van der Waals surface area contributed by atoms with Crippen LogP contribution in [0.1, 0.15) is 13.3 Å². The third-order valence-electron chi connectivity index (χ3n) is 1.06. The molecule has 0 aromatic rings. The van der Waals surface area contributed by atoms with E-state index in [0.29, 0.717) is 6.42 Å². The maximum absolute atomic E-state index is 10.7. The Bertz CT molecular complexity index is 192. The van der Waals surface area contributed by atoms with Gasteiger partial charge in [-0.25, -0.2) is 4.18 Å². The van der Waals surface area contributed by atoms with Crippen LogP contribution < -0.4 is 5.73 Å². The van der Waals surface area contributed by atoms with Gasteiger partial charge >= 0.3 is 29.6 Å². The molecule has 0 saturated heterocycles. The summed E-state index contributed by atoms with van der Waals surface area (Å²) in [5.74, 6) is -0.148. The summed E-state index contributed by atoms with van der Waals surface area (Å²) in [6, 6.07) is -0.174. The van der Waals surface area contributed by atoms with Gasteiger partial charge in [-0.15, -0.1) is 0 Å². The molecule has 5 nitrogen and oxygen atoms in total. The van der Waals surface area contributed by atoms with Crippen LogP contribution in [0.25, 0.3) is 0 Å². The Balaban J connectivity index is 0. The number of aliphatic hydroxyl groups excluding tert-OH is 1. The first-order valence-corrected chi connectivity index (χ1v) is 4.79. The second-order valence-corrected chi connectivity index (χ2v) is 4.03. The van der Waals surface area contributed by atoms with Crippen LogP contribution in [0.4, 0.5) is 0 Å². The first-order valence-electron chi connectivity index (χ1n) is 3.21. The monoisotopic (exact) mass is 207 g/mol. The summed E-state index contributed by atoms with van der Waals surface area (Å²) in [6.07, 6.45) is 0.336. The van der Waals surface area contributed by atoms with Crippen molar-refractivity contribution in [3.05, 3.63) is 0 Å². The van der Waals surface area contributed by atoms with E-state index >= 15 is 0 Å². The van der Waals surface area contributed by atoms with Crippen LogP contribution in [0.5, 0.6) is 0 Å². The summed E-state index contributed by atoms with van der Waals surface area (Å²) >= 11 is 0. The molecule has 0 aliphatic rings. The van der Waals surface area contributed by atoms with Gasteiger partial charge in [0.05, 0.1) is 5.75 Å². The Labute approximate surface area is 94.7 Å². The zero-order valence-electron chi connectivity index (χ0n) is 6.36. The van der Waals surface area contributed by atoms with Gasteiger partial charge < -0.3 is 10.8 Å². The molecule has 0 fully saturated rings. The molecule has 0 aromatic heterocycles. The minimum atomic E-state index is -3.56. The summed E-state index contributed by atoms with van der Waals surface area (Å²) < 4.78 is 25.4. The molecule has 7 heteroatoms. The van der Waals surface area contributed by atoms with Crippen molar-refractivity contribution in [1.82, 2.24) is 0 Å². The van der Waals surface area contributed by atoms with Gasteiger partial charge in [0.2, 0.25) is 0 Å². The molecule has 0 rings (SSSR count). The van der Waals surface area contributed by atoms with E-state index in [2.05, 4.69) is 4.18 Å². The first-order chi connectivity index (χ1) is 4.98. The fourth-order valence-corrected chi connectivity index (χ4v) is 1.41. The predicted octanol–water partition coefficient (Wildman–Crippen LogP) is -1.63. The summed E-state index contributed by atoms with van der Waals surface area (Å²) in [5, 5.41) is 8.13. The third kappa shape index (κ3) is 8.92. The van der Waals surface area contributed by atoms with Crippen LogP contribution in [0.15, 0.2) is 0 Å². The van der Waals surface area contributed by atoms with Gasteiger partial charge in [-0.3, -0.25) is 0 Å². The Hall–Kier alpha value is 0.830. The fourth-order valence-electron chi connectivity index (χ4n) is 0.469. The van der Waals surface area contributed by atoms with Crippen molar-refractivity contribution in [2.45, 2.75) is 19.4 Å². The fraction of sp³-hybridized carbons (Fsp3) is 1.00. The standard InChI is InChI=1S/C5H13NO4S.Na.H/c1-5(6)2-3-11(8,9)10-4-7;;/h5,7H,2-4,6H2,1H3;;. The Morgan fingerprint density at radius 1 is 1.58 bits per heavy atom. The molecule has 0 aromatic carbocycles. The second-order valence-electron chi connectivity index (χ2n) is 2.27. The van der Waals surface area contributed by atoms with E-state index in [0.717, 1.165) is 0 Å². The molecule has 12 heavy (non-hydrogen) atoms. The van der Waals surface area contributed by atoms with Crippen molar-refractivity contribution >= 4 is 39.7 Å². The van der Waals surface area contributed by atoms with Gasteiger partial charge in [0.1, 0.15) is 0 Å². The molecule has 0 heterocycles. The van der Waals surface area contributed by atoms with Gasteiger partial charge in [0.15, 0.2) is 6.79 Å². The summed E-state index contributed by atoms with van der Waals surface area (Å²) in [7, 11) is -3.56. The van der Waals surface area contributed by atoms with Crippen LogP contribution in [0.3, 0.4) is 0 Å². The average Bonchev–Trinajstić information content (AvgIpc) is 1.84. The summed E-state index contributed by atoms with van der Waals surface area (Å²) in [6.45, 7) is 0.899. The van der Waals surface area contributed by atoms with Crippen molar-refractivity contribution in [2.75, 3.05) is 12.5 Å². The van der Waals surface area contributed by atoms with E-state index in [-0.39, 0.29) is 41.4 Å². The van der Waals surface area contributed by atoms with E-state index < -0.39 is 16.9 Å². The van der Waals surface area contributed by atoms with Gasteiger partial charge in [0.25, 0.3) is 10.1 Å². The molecule has 0 aliphatic heterocycles. The topological polar surface area (TPSA) is 89.6 Å². The maximum atomic E-state index is 10.7. The zero-order valence-corrected chi connectivity index (χ0v) is 7.17. The van der Waals surface area contributed by atoms with Crippen molar-refractivity contribution < 1.29 is 17.7 Å². The molecular formula is C5H14NNaO4S. The van der Waals surface area contributed by atoms with Crippen molar-refractivity contribution in [2.24, 2.45) is 5.73 Å². The number of nitrogens with two attached hydrogens (primary N) is 1. The van der Waals surface area contributed by atoms with Gasteiger partial charge in [0, 0.05) is 6.04 Å². The summed E-state index contributed by atoms with van der Waals surface area (Å²) in [4.78, 5) is 0. The van der Waals surface area contributed by atoms with Crippen LogP contribution in [0, 0.1) is 0 Å². The molecule has 0 bridgehead atoms. The molecule has 0 radical (unpaired) electrons. The number of aliphatic hydroxyl groups is 1. The molecular weight excluding hydrogens is 193 g/mol.